The van der Waals surface area contributed by atoms with E-state index in [1.807, 2.05) is 55.7 Å². The van der Waals surface area contributed by atoms with Crippen LogP contribution in [0.25, 0.3) is 0 Å². The predicted octanol–water partition coefficient (Wildman–Crippen LogP) is 4.85. The zero-order valence-corrected chi connectivity index (χ0v) is 20.7. The molecule has 3 rings (SSSR count). The van der Waals surface area contributed by atoms with E-state index < -0.39 is 15.9 Å². The molecule has 0 aliphatic heterocycles. The summed E-state index contributed by atoms with van der Waals surface area (Å²) in [6, 6.07) is 11.4. The molecule has 3 aromatic rings. The number of rotatable bonds is 8. The van der Waals surface area contributed by atoms with Crippen molar-refractivity contribution >= 4 is 44.6 Å². The number of nitrogens with one attached hydrogen (secondary N) is 2. The molecule has 0 radical (unpaired) electrons. The van der Waals surface area contributed by atoms with Gasteiger partial charge in [-0.15, -0.1) is 0 Å². The number of likely N-dealkylation sites (N-methyl/N-ethyl adjacent to an activating group) is 1. The summed E-state index contributed by atoms with van der Waals surface area (Å²) in [4.78, 5) is 14.8. The topological polar surface area (TPSA) is 78.5 Å². The molecule has 0 saturated carbocycles. The maximum absolute atomic E-state index is 12.9. The van der Waals surface area contributed by atoms with Crippen molar-refractivity contribution in [3.8, 4) is 0 Å². The molecule has 0 spiro atoms. The smallest absolute Gasteiger partial charge is 0.261 e. The van der Waals surface area contributed by atoms with Gasteiger partial charge >= 0.3 is 0 Å². The van der Waals surface area contributed by atoms with Gasteiger partial charge in [-0.05, 0) is 91.8 Å². The average Bonchev–Trinajstić information content (AvgIpc) is 3.25. The third kappa shape index (κ3) is 5.69. The van der Waals surface area contributed by atoms with Crippen molar-refractivity contribution < 1.29 is 13.2 Å². The normalized spacial score (nSPS) is 12.6. The first-order chi connectivity index (χ1) is 15.1. The van der Waals surface area contributed by atoms with Crippen LogP contribution in [-0.2, 0) is 10.0 Å². The first-order valence-electron chi connectivity index (χ1n) is 9.95. The quantitative estimate of drug-likeness (QED) is 0.472. The molecule has 1 amide bonds. The van der Waals surface area contributed by atoms with Crippen molar-refractivity contribution in [2.75, 3.05) is 25.4 Å². The van der Waals surface area contributed by atoms with Crippen LogP contribution < -0.4 is 10.0 Å². The van der Waals surface area contributed by atoms with Gasteiger partial charge in [-0.3, -0.25) is 9.52 Å². The Hall–Kier alpha value is -2.39. The molecule has 1 heterocycles. The van der Waals surface area contributed by atoms with Crippen LogP contribution in [0.1, 0.15) is 33.1 Å². The minimum Gasteiger partial charge on any atom is -0.350 e. The second-order valence-electron chi connectivity index (χ2n) is 7.79. The summed E-state index contributed by atoms with van der Waals surface area (Å²) in [5.41, 5.74) is 3.70. The number of hydrogen-bond donors (Lipinski definition) is 2. The number of carbonyl (C=O) groups excluding carboxylic acids is 1. The van der Waals surface area contributed by atoms with Gasteiger partial charge < -0.3 is 10.2 Å². The minimum absolute atomic E-state index is 0.0117. The highest BCUT2D eigenvalue weighted by molar-refractivity contribution is 7.92. The molecule has 6 nitrogen and oxygen atoms in total. The lowest BCUT2D eigenvalue weighted by atomic mass is 10.1. The number of hydrogen-bond acceptors (Lipinski definition) is 5. The number of thiophene rings is 1. The van der Waals surface area contributed by atoms with E-state index in [0.717, 1.165) is 16.7 Å². The van der Waals surface area contributed by atoms with Crippen LogP contribution in [0, 0.1) is 13.8 Å². The van der Waals surface area contributed by atoms with Gasteiger partial charge in [0.1, 0.15) is 0 Å². The standard InChI is InChI=1S/C23H26ClN3O3S2/c1-15-5-6-18(11-16(15)2)26-32(29,30)19-7-8-21(24)20(12-19)23(28)25-13-22(27(3)4)17-9-10-31-14-17/h5-12,14,22,26H,13H2,1-4H3,(H,25,28). The fourth-order valence-electron chi connectivity index (χ4n) is 3.21. The molecule has 0 saturated heterocycles. The molecule has 0 fully saturated rings. The van der Waals surface area contributed by atoms with Crippen LogP contribution in [0.5, 0.6) is 0 Å². The van der Waals surface area contributed by atoms with E-state index in [2.05, 4.69) is 10.0 Å². The Balaban J connectivity index is 1.79. The van der Waals surface area contributed by atoms with Gasteiger partial charge in [0.2, 0.25) is 0 Å². The summed E-state index contributed by atoms with van der Waals surface area (Å²) in [5, 5.41) is 7.09. The van der Waals surface area contributed by atoms with E-state index in [-0.39, 0.29) is 21.5 Å². The highest BCUT2D eigenvalue weighted by Crippen LogP contribution is 2.24. The van der Waals surface area contributed by atoms with Crippen molar-refractivity contribution in [1.29, 1.82) is 0 Å². The van der Waals surface area contributed by atoms with Gasteiger partial charge in [0.25, 0.3) is 15.9 Å². The second-order valence-corrected chi connectivity index (χ2v) is 10.7. The lowest BCUT2D eigenvalue weighted by molar-refractivity contribution is 0.0942. The van der Waals surface area contributed by atoms with Crippen molar-refractivity contribution in [3.05, 3.63) is 80.5 Å². The van der Waals surface area contributed by atoms with E-state index in [4.69, 9.17) is 11.6 Å². The maximum Gasteiger partial charge on any atom is 0.261 e. The molecule has 2 N–H and O–H groups in total. The summed E-state index contributed by atoms with van der Waals surface area (Å²) in [6.07, 6.45) is 0. The summed E-state index contributed by atoms with van der Waals surface area (Å²) in [7, 11) is -0.0161. The first kappa shape index (κ1) is 24.3. The molecule has 0 aliphatic carbocycles. The average molecular weight is 492 g/mol. The molecule has 32 heavy (non-hydrogen) atoms. The number of amides is 1. The number of halogens is 1. The molecule has 2 aromatic carbocycles. The Morgan fingerprint density at radius 3 is 2.47 bits per heavy atom. The molecule has 0 aliphatic rings. The van der Waals surface area contributed by atoms with Crippen LogP contribution in [-0.4, -0.2) is 39.9 Å². The van der Waals surface area contributed by atoms with Crippen LogP contribution in [0.2, 0.25) is 5.02 Å². The van der Waals surface area contributed by atoms with Crippen LogP contribution in [0.15, 0.2) is 58.1 Å². The molecule has 1 aromatic heterocycles. The monoisotopic (exact) mass is 491 g/mol. The molecule has 1 unspecified atom stereocenters. The lowest BCUT2D eigenvalue weighted by Crippen LogP contribution is -2.34. The number of benzene rings is 2. The van der Waals surface area contributed by atoms with Crippen LogP contribution in [0.4, 0.5) is 5.69 Å². The van der Waals surface area contributed by atoms with Gasteiger partial charge in [0.15, 0.2) is 0 Å². The van der Waals surface area contributed by atoms with Crippen molar-refractivity contribution in [2.45, 2.75) is 24.8 Å². The first-order valence-corrected chi connectivity index (χ1v) is 12.7. The Kier molecular flexibility index (Phi) is 7.61. The summed E-state index contributed by atoms with van der Waals surface area (Å²) >= 11 is 7.82. The third-order valence-corrected chi connectivity index (χ3v) is 7.67. The van der Waals surface area contributed by atoms with E-state index in [9.17, 15) is 13.2 Å². The molecule has 9 heteroatoms. The molecular formula is C23H26ClN3O3S2. The Morgan fingerprint density at radius 1 is 1.09 bits per heavy atom. The molecule has 1 atom stereocenters. The highest BCUT2D eigenvalue weighted by atomic mass is 35.5. The van der Waals surface area contributed by atoms with Gasteiger partial charge in [-0.25, -0.2) is 8.42 Å². The summed E-state index contributed by atoms with van der Waals surface area (Å²) in [6.45, 7) is 4.22. The number of sulfonamides is 1. The van der Waals surface area contributed by atoms with Crippen molar-refractivity contribution in [1.82, 2.24) is 10.2 Å². The molecule has 0 bridgehead atoms. The summed E-state index contributed by atoms with van der Waals surface area (Å²) < 4.78 is 28.4. The number of aryl methyl sites for hydroxylation is 2. The largest absolute Gasteiger partial charge is 0.350 e. The van der Waals surface area contributed by atoms with Gasteiger partial charge in [-0.1, -0.05) is 17.7 Å². The zero-order chi connectivity index (χ0) is 23.5. The highest BCUT2D eigenvalue weighted by Gasteiger charge is 2.21. The fourth-order valence-corrected chi connectivity index (χ4v) is 5.20. The van der Waals surface area contributed by atoms with Crippen LogP contribution >= 0.6 is 22.9 Å². The summed E-state index contributed by atoms with van der Waals surface area (Å²) in [5.74, 6) is -0.430. The van der Waals surface area contributed by atoms with E-state index in [0.29, 0.717) is 12.2 Å². The number of anilines is 1. The van der Waals surface area contributed by atoms with Gasteiger partial charge in [-0.2, -0.15) is 11.3 Å². The Bertz CT molecular complexity index is 1210. The molecular weight excluding hydrogens is 466 g/mol. The van der Waals surface area contributed by atoms with Crippen LogP contribution in [0.3, 0.4) is 0 Å². The number of nitrogens with zero attached hydrogens (tertiary/aromatic N) is 1. The fraction of sp³-hybridized carbons (Fsp3) is 0.261. The lowest BCUT2D eigenvalue weighted by Gasteiger charge is -2.24. The van der Waals surface area contributed by atoms with E-state index in [1.165, 1.54) is 18.2 Å². The number of carbonyl (C=O) groups is 1. The Morgan fingerprint density at radius 2 is 1.84 bits per heavy atom. The van der Waals surface area contributed by atoms with Gasteiger partial charge in [0, 0.05) is 12.2 Å². The minimum atomic E-state index is -3.89. The third-order valence-electron chi connectivity index (χ3n) is 5.26. The Labute approximate surface area is 198 Å². The SMILES string of the molecule is Cc1ccc(NS(=O)(=O)c2ccc(Cl)c(C(=O)NCC(c3ccsc3)N(C)C)c2)cc1C. The zero-order valence-electron chi connectivity index (χ0n) is 18.3. The molecule has 170 valence electrons. The van der Waals surface area contributed by atoms with E-state index in [1.54, 1.807) is 23.5 Å². The maximum atomic E-state index is 12.9. The van der Waals surface area contributed by atoms with Crippen molar-refractivity contribution in [2.24, 2.45) is 0 Å². The second kappa shape index (κ2) is 10.0. The van der Waals surface area contributed by atoms with Gasteiger partial charge in [0.05, 0.1) is 21.5 Å². The van der Waals surface area contributed by atoms with Crippen molar-refractivity contribution in [3.63, 3.8) is 0 Å². The van der Waals surface area contributed by atoms with E-state index >= 15 is 0 Å². The predicted molar refractivity (Wildman–Crippen MR) is 131 cm³/mol.